The SMILES string of the molecule is CCCN1/C(=C\C=C\C2=[N+](C)c3ccc4ccccc4c3C2(C)C)C(C)(C)c2ccccc21. The number of fused-ring (bicyclic) bond motifs is 4. The van der Waals surface area contributed by atoms with E-state index in [1.165, 1.54) is 44.7 Å². The van der Waals surface area contributed by atoms with Crippen LogP contribution in [0, 0.1) is 0 Å². The van der Waals surface area contributed by atoms with Crippen molar-refractivity contribution >= 4 is 27.9 Å². The highest BCUT2D eigenvalue weighted by Gasteiger charge is 2.44. The molecule has 2 nitrogen and oxygen atoms in total. The summed E-state index contributed by atoms with van der Waals surface area (Å²) in [6, 6.07) is 22.1. The molecule has 0 saturated heterocycles. The third-order valence-electron chi connectivity index (χ3n) is 7.65. The van der Waals surface area contributed by atoms with Crippen LogP contribution in [0.4, 0.5) is 11.4 Å². The van der Waals surface area contributed by atoms with Gasteiger partial charge in [0.05, 0.1) is 5.41 Å². The zero-order chi connectivity index (χ0) is 23.4. The predicted octanol–water partition coefficient (Wildman–Crippen LogP) is 7.49. The van der Waals surface area contributed by atoms with Crippen LogP contribution in [0.25, 0.3) is 10.8 Å². The van der Waals surface area contributed by atoms with Crippen molar-refractivity contribution in [2.45, 2.75) is 51.9 Å². The molecule has 2 heteroatoms. The van der Waals surface area contributed by atoms with Crippen LogP contribution in [0.1, 0.15) is 52.2 Å². The predicted molar refractivity (Wildman–Crippen MR) is 142 cm³/mol. The van der Waals surface area contributed by atoms with Crippen molar-refractivity contribution in [3.8, 4) is 0 Å². The fourth-order valence-corrected chi connectivity index (χ4v) is 6.03. The van der Waals surface area contributed by atoms with Crippen molar-refractivity contribution in [2.75, 3.05) is 18.5 Å². The standard InChI is InChI=1S/C31H35N2/c1-7-21-33-25-16-11-10-15-24(25)30(2,3)28(33)18-12-17-27-31(4,5)29-23-14-9-8-13-22(23)19-20-26(29)32(27)6/h8-20H,7,21H2,1-6H3/q+1. The summed E-state index contributed by atoms with van der Waals surface area (Å²) in [5, 5.41) is 2.67. The van der Waals surface area contributed by atoms with E-state index in [2.05, 4.69) is 130 Å². The van der Waals surface area contributed by atoms with Gasteiger partial charge in [0.25, 0.3) is 0 Å². The van der Waals surface area contributed by atoms with Crippen molar-refractivity contribution in [2.24, 2.45) is 0 Å². The second-order valence-corrected chi connectivity index (χ2v) is 10.5. The van der Waals surface area contributed by atoms with Gasteiger partial charge in [-0.3, -0.25) is 0 Å². The maximum absolute atomic E-state index is 2.51. The van der Waals surface area contributed by atoms with Gasteiger partial charge >= 0.3 is 0 Å². The van der Waals surface area contributed by atoms with E-state index in [-0.39, 0.29) is 10.8 Å². The Morgan fingerprint density at radius 3 is 2.39 bits per heavy atom. The summed E-state index contributed by atoms with van der Waals surface area (Å²) in [5.74, 6) is 0. The molecule has 0 unspecified atom stereocenters. The molecule has 3 aromatic carbocycles. The molecule has 0 spiro atoms. The minimum absolute atomic E-state index is 0.00295. The molecular formula is C31H35N2+. The van der Waals surface area contributed by atoms with Gasteiger partial charge in [-0.2, -0.15) is 4.58 Å². The smallest absolute Gasteiger partial charge is 0.210 e. The first-order valence-corrected chi connectivity index (χ1v) is 12.2. The van der Waals surface area contributed by atoms with E-state index in [9.17, 15) is 0 Å². The average molecular weight is 436 g/mol. The van der Waals surface area contributed by atoms with Gasteiger partial charge < -0.3 is 4.90 Å². The minimum Gasteiger partial charge on any atom is -0.344 e. The Bertz CT molecular complexity index is 1330. The molecule has 2 aliphatic rings. The highest BCUT2D eigenvalue weighted by atomic mass is 15.2. The molecule has 33 heavy (non-hydrogen) atoms. The van der Waals surface area contributed by atoms with Gasteiger partial charge in [-0.1, -0.05) is 69.3 Å². The Labute approximate surface area is 198 Å². The van der Waals surface area contributed by atoms with Gasteiger partial charge in [-0.05, 0) is 54.8 Å². The van der Waals surface area contributed by atoms with Crippen LogP contribution >= 0.6 is 0 Å². The van der Waals surface area contributed by atoms with E-state index >= 15 is 0 Å². The highest BCUT2D eigenvalue weighted by Crippen LogP contribution is 2.48. The Hall–Kier alpha value is -3.13. The monoisotopic (exact) mass is 435 g/mol. The number of nitrogens with zero attached hydrogens (tertiary/aromatic N) is 2. The normalized spacial score (nSPS) is 19.7. The van der Waals surface area contributed by atoms with Gasteiger partial charge in [0, 0.05) is 41.1 Å². The molecule has 0 amide bonds. The van der Waals surface area contributed by atoms with Crippen LogP contribution in [0.3, 0.4) is 0 Å². The van der Waals surface area contributed by atoms with Crippen LogP contribution in [-0.2, 0) is 10.8 Å². The quantitative estimate of drug-likeness (QED) is 0.385. The summed E-state index contributed by atoms with van der Waals surface area (Å²) >= 11 is 0. The largest absolute Gasteiger partial charge is 0.344 e. The van der Waals surface area contributed by atoms with E-state index in [4.69, 9.17) is 0 Å². The van der Waals surface area contributed by atoms with Gasteiger partial charge in [0.1, 0.15) is 7.05 Å². The molecule has 3 aromatic rings. The Balaban J connectivity index is 1.55. The zero-order valence-electron chi connectivity index (χ0n) is 20.8. The maximum atomic E-state index is 2.51. The van der Waals surface area contributed by atoms with Crippen molar-refractivity contribution < 1.29 is 4.58 Å². The first kappa shape index (κ1) is 21.7. The van der Waals surface area contributed by atoms with Gasteiger partial charge in [-0.25, -0.2) is 0 Å². The molecule has 2 heterocycles. The van der Waals surface area contributed by atoms with E-state index in [1.807, 2.05) is 0 Å². The Morgan fingerprint density at radius 1 is 0.879 bits per heavy atom. The van der Waals surface area contributed by atoms with E-state index < -0.39 is 0 Å². The molecule has 5 rings (SSSR count). The molecule has 168 valence electrons. The van der Waals surface area contributed by atoms with Crippen LogP contribution in [-0.4, -0.2) is 23.9 Å². The summed E-state index contributed by atoms with van der Waals surface area (Å²) in [6.07, 6.45) is 8.06. The topological polar surface area (TPSA) is 6.25 Å². The molecule has 0 aromatic heterocycles. The van der Waals surface area contributed by atoms with Crippen LogP contribution in [0.2, 0.25) is 0 Å². The maximum Gasteiger partial charge on any atom is 0.210 e. The van der Waals surface area contributed by atoms with Gasteiger partial charge in [0.2, 0.25) is 5.69 Å². The lowest BCUT2D eigenvalue weighted by atomic mass is 9.79. The first-order valence-electron chi connectivity index (χ1n) is 12.2. The summed E-state index contributed by atoms with van der Waals surface area (Å²) in [7, 11) is 2.20. The zero-order valence-corrected chi connectivity index (χ0v) is 20.8. The fraction of sp³-hybridized carbons (Fsp3) is 0.323. The molecule has 2 aliphatic heterocycles. The van der Waals surface area contributed by atoms with Gasteiger partial charge in [-0.15, -0.1) is 0 Å². The third kappa shape index (κ3) is 3.19. The van der Waals surface area contributed by atoms with E-state index in [0.29, 0.717) is 0 Å². The molecular weight excluding hydrogens is 400 g/mol. The van der Waals surface area contributed by atoms with Crippen molar-refractivity contribution in [1.82, 2.24) is 0 Å². The third-order valence-corrected chi connectivity index (χ3v) is 7.65. The van der Waals surface area contributed by atoms with Crippen LogP contribution in [0.15, 0.2) is 84.6 Å². The minimum atomic E-state index is -0.0583. The van der Waals surface area contributed by atoms with Gasteiger partial charge in [0.15, 0.2) is 5.71 Å². The van der Waals surface area contributed by atoms with E-state index in [1.54, 1.807) is 0 Å². The van der Waals surface area contributed by atoms with Crippen molar-refractivity contribution in [3.05, 3.63) is 95.7 Å². The summed E-state index contributed by atoms with van der Waals surface area (Å²) in [5.41, 5.74) is 8.17. The number of allylic oxidation sites excluding steroid dienone is 4. The Morgan fingerprint density at radius 2 is 1.61 bits per heavy atom. The number of hydrogen-bond donors (Lipinski definition) is 0. The average Bonchev–Trinajstić information content (AvgIpc) is 3.14. The second kappa shape index (κ2) is 7.73. The highest BCUT2D eigenvalue weighted by molar-refractivity contribution is 6.07. The summed E-state index contributed by atoms with van der Waals surface area (Å²) < 4.78 is 2.37. The number of rotatable bonds is 4. The van der Waals surface area contributed by atoms with E-state index in [0.717, 1.165) is 13.0 Å². The molecule has 0 fully saturated rings. The number of para-hydroxylation sites is 1. The number of anilines is 1. The number of hydrogen-bond acceptors (Lipinski definition) is 1. The molecule has 0 saturated carbocycles. The molecule has 0 aliphatic carbocycles. The molecule has 0 atom stereocenters. The van der Waals surface area contributed by atoms with Crippen molar-refractivity contribution in [3.63, 3.8) is 0 Å². The fourth-order valence-electron chi connectivity index (χ4n) is 6.03. The first-order chi connectivity index (χ1) is 15.8. The Kier molecular flexibility index (Phi) is 5.08. The van der Waals surface area contributed by atoms with Crippen molar-refractivity contribution in [1.29, 1.82) is 0 Å². The molecule has 0 radical (unpaired) electrons. The second-order valence-electron chi connectivity index (χ2n) is 10.5. The lowest BCUT2D eigenvalue weighted by Crippen LogP contribution is -2.27. The molecule has 0 bridgehead atoms. The lowest BCUT2D eigenvalue weighted by molar-refractivity contribution is -0.401. The molecule has 0 N–H and O–H groups in total. The summed E-state index contributed by atoms with van der Waals surface area (Å²) in [4.78, 5) is 2.51. The number of benzene rings is 3. The summed E-state index contributed by atoms with van der Waals surface area (Å²) in [6.45, 7) is 12.7. The van der Waals surface area contributed by atoms with Crippen LogP contribution in [0.5, 0.6) is 0 Å². The van der Waals surface area contributed by atoms with Crippen LogP contribution < -0.4 is 4.90 Å². The lowest BCUT2D eigenvalue weighted by Gasteiger charge is -2.26.